The third kappa shape index (κ3) is 4.76. The predicted octanol–water partition coefficient (Wildman–Crippen LogP) is 2.90. The van der Waals surface area contributed by atoms with Gasteiger partial charge >= 0.3 is 5.97 Å². The summed E-state index contributed by atoms with van der Waals surface area (Å²) in [4.78, 5) is 25.8. The number of carbonyl (C=O) groups is 2. The number of ether oxygens (including phenoxy) is 1. The van der Waals surface area contributed by atoms with E-state index in [1.807, 2.05) is 13.8 Å². The Morgan fingerprint density at radius 2 is 1.77 bits per heavy atom. The molecule has 0 aliphatic carbocycles. The van der Waals surface area contributed by atoms with Crippen LogP contribution in [0.4, 0.5) is 0 Å². The van der Waals surface area contributed by atoms with Gasteiger partial charge in [-0.2, -0.15) is 0 Å². The van der Waals surface area contributed by atoms with E-state index in [0.29, 0.717) is 24.4 Å². The van der Waals surface area contributed by atoms with Crippen molar-refractivity contribution in [1.29, 1.82) is 0 Å². The minimum atomic E-state index is -1.01. The molecule has 1 unspecified atom stereocenters. The van der Waals surface area contributed by atoms with Crippen LogP contribution in [0, 0.1) is 0 Å². The van der Waals surface area contributed by atoms with Crippen molar-refractivity contribution in [2.45, 2.75) is 39.0 Å². The Balaban J connectivity index is 2.97. The van der Waals surface area contributed by atoms with E-state index < -0.39 is 11.9 Å². The molecule has 0 spiro atoms. The van der Waals surface area contributed by atoms with Gasteiger partial charge in [0.1, 0.15) is 5.75 Å². The Bertz CT molecular complexity index is 495. The summed E-state index contributed by atoms with van der Waals surface area (Å²) in [6.07, 6.45) is 1.67. The maximum Gasteiger partial charge on any atom is 0.311 e. The summed E-state index contributed by atoms with van der Waals surface area (Å²) >= 11 is 0. The Hall–Kier alpha value is -2.04. The van der Waals surface area contributed by atoms with Gasteiger partial charge in [0.25, 0.3) is 0 Å². The number of nitrogens with zero attached hydrogens (tertiary/aromatic N) is 1. The lowest BCUT2D eigenvalue weighted by Gasteiger charge is -2.24. The van der Waals surface area contributed by atoms with Gasteiger partial charge in [-0.15, -0.1) is 0 Å². The summed E-state index contributed by atoms with van der Waals surface area (Å²) in [6, 6.07) is 6.96. The van der Waals surface area contributed by atoms with Crippen LogP contribution in [-0.4, -0.2) is 42.1 Å². The van der Waals surface area contributed by atoms with Crippen LogP contribution in [-0.2, 0) is 9.59 Å². The number of amides is 1. The number of hydrogen-bond donors (Lipinski definition) is 1. The molecule has 5 nitrogen and oxygen atoms in total. The average Bonchev–Trinajstić information content (AvgIpc) is 2.51. The van der Waals surface area contributed by atoms with Crippen molar-refractivity contribution in [1.82, 2.24) is 4.90 Å². The fraction of sp³-hybridized carbons (Fsp3) is 0.529. The Labute approximate surface area is 131 Å². The fourth-order valence-electron chi connectivity index (χ4n) is 2.49. The smallest absolute Gasteiger partial charge is 0.311 e. The molecule has 1 N–H and O–H groups in total. The second-order valence-electron chi connectivity index (χ2n) is 5.22. The molecule has 0 saturated heterocycles. The highest BCUT2D eigenvalue weighted by Gasteiger charge is 2.27. The molecule has 0 aliphatic rings. The largest absolute Gasteiger partial charge is 0.496 e. The van der Waals surface area contributed by atoms with E-state index in [-0.39, 0.29) is 12.3 Å². The van der Waals surface area contributed by atoms with E-state index in [4.69, 9.17) is 4.74 Å². The van der Waals surface area contributed by atoms with Gasteiger partial charge in [-0.3, -0.25) is 9.59 Å². The lowest BCUT2D eigenvalue weighted by Crippen LogP contribution is -2.34. The van der Waals surface area contributed by atoms with E-state index in [1.165, 1.54) is 7.11 Å². The van der Waals surface area contributed by atoms with Crippen molar-refractivity contribution >= 4 is 11.9 Å². The quantitative estimate of drug-likeness (QED) is 0.761. The third-order valence-electron chi connectivity index (χ3n) is 3.53. The van der Waals surface area contributed by atoms with Crippen LogP contribution in [0.5, 0.6) is 5.75 Å². The molecule has 0 fully saturated rings. The number of para-hydroxylation sites is 1. The SMILES string of the molecule is CCCN(CCC)C(=O)CC(C(=O)O)c1ccccc1OC. The van der Waals surface area contributed by atoms with Crippen LogP contribution >= 0.6 is 0 Å². The van der Waals surface area contributed by atoms with Gasteiger partial charge in [0, 0.05) is 25.1 Å². The summed E-state index contributed by atoms with van der Waals surface area (Å²) in [5.41, 5.74) is 0.541. The Morgan fingerprint density at radius 3 is 2.27 bits per heavy atom. The molecule has 0 bridgehead atoms. The van der Waals surface area contributed by atoms with Crippen LogP contribution in [0.1, 0.15) is 44.6 Å². The van der Waals surface area contributed by atoms with Crippen molar-refractivity contribution in [3.05, 3.63) is 29.8 Å². The van der Waals surface area contributed by atoms with Gasteiger partial charge in [-0.25, -0.2) is 0 Å². The van der Waals surface area contributed by atoms with Gasteiger partial charge in [0.15, 0.2) is 0 Å². The number of hydrogen-bond acceptors (Lipinski definition) is 3. The zero-order chi connectivity index (χ0) is 16.5. The first-order chi connectivity index (χ1) is 10.5. The molecule has 0 aliphatic heterocycles. The molecular formula is C17H25NO4. The summed E-state index contributed by atoms with van der Waals surface area (Å²) < 4.78 is 5.23. The highest BCUT2D eigenvalue weighted by atomic mass is 16.5. The first kappa shape index (κ1) is 18.0. The van der Waals surface area contributed by atoms with Crippen molar-refractivity contribution < 1.29 is 19.4 Å². The summed E-state index contributed by atoms with van der Waals surface area (Å²) in [7, 11) is 1.50. The van der Waals surface area contributed by atoms with E-state index >= 15 is 0 Å². The van der Waals surface area contributed by atoms with E-state index in [0.717, 1.165) is 12.8 Å². The van der Waals surface area contributed by atoms with Gasteiger partial charge in [-0.05, 0) is 18.9 Å². The van der Waals surface area contributed by atoms with Crippen molar-refractivity contribution in [3.8, 4) is 5.75 Å². The number of methoxy groups -OCH3 is 1. The lowest BCUT2D eigenvalue weighted by molar-refractivity contribution is -0.142. The Morgan fingerprint density at radius 1 is 1.18 bits per heavy atom. The molecule has 0 saturated carbocycles. The fourth-order valence-corrected chi connectivity index (χ4v) is 2.49. The lowest BCUT2D eigenvalue weighted by atomic mass is 9.94. The second-order valence-corrected chi connectivity index (χ2v) is 5.22. The molecule has 1 amide bonds. The van der Waals surface area contributed by atoms with Crippen molar-refractivity contribution in [2.24, 2.45) is 0 Å². The third-order valence-corrected chi connectivity index (χ3v) is 3.53. The maximum atomic E-state index is 12.4. The van der Waals surface area contributed by atoms with Crippen LogP contribution in [0.15, 0.2) is 24.3 Å². The van der Waals surface area contributed by atoms with Crippen LogP contribution in [0.2, 0.25) is 0 Å². The molecule has 22 heavy (non-hydrogen) atoms. The zero-order valence-corrected chi connectivity index (χ0v) is 13.5. The van der Waals surface area contributed by atoms with Gasteiger partial charge in [0.05, 0.1) is 13.0 Å². The molecular weight excluding hydrogens is 282 g/mol. The maximum absolute atomic E-state index is 12.4. The van der Waals surface area contributed by atoms with Crippen molar-refractivity contribution in [2.75, 3.05) is 20.2 Å². The first-order valence-corrected chi connectivity index (χ1v) is 7.68. The van der Waals surface area contributed by atoms with Gasteiger partial charge in [-0.1, -0.05) is 32.0 Å². The highest BCUT2D eigenvalue weighted by Crippen LogP contribution is 2.29. The molecule has 1 aromatic rings. The number of carboxylic acids is 1. The monoisotopic (exact) mass is 307 g/mol. The summed E-state index contributed by atoms with van der Waals surface area (Å²) in [5, 5.41) is 9.51. The molecule has 0 radical (unpaired) electrons. The average molecular weight is 307 g/mol. The number of rotatable bonds is 9. The van der Waals surface area contributed by atoms with E-state index in [9.17, 15) is 14.7 Å². The summed E-state index contributed by atoms with van der Waals surface area (Å²) in [5.74, 6) is -1.52. The number of benzene rings is 1. The highest BCUT2D eigenvalue weighted by molar-refractivity contribution is 5.86. The predicted molar refractivity (Wildman–Crippen MR) is 85.1 cm³/mol. The summed E-state index contributed by atoms with van der Waals surface area (Å²) in [6.45, 7) is 5.32. The van der Waals surface area contributed by atoms with E-state index in [2.05, 4.69) is 0 Å². The molecule has 122 valence electrons. The van der Waals surface area contributed by atoms with Crippen LogP contribution < -0.4 is 4.74 Å². The van der Waals surface area contributed by atoms with Gasteiger partial charge in [0.2, 0.25) is 5.91 Å². The number of carbonyl (C=O) groups excluding carboxylic acids is 1. The molecule has 1 aromatic carbocycles. The van der Waals surface area contributed by atoms with Gasteiger partial charge < -0.3 is 14.7 Å². The minimum absolute atomic E-state index is 0.0459. The Kier molecular flexibility index (Phi) is 7.43. The normalized spacial score (nSPS) is 11.8. The molecule has 1 atom stereocenters. The standard InChI is InChI=1S/C17H25NO4/c1-4-10-18(11-5-2)16(19)12-14(17(20)21)13-8-6-7-9-15(13)22-3/h6-9,14H,4-5,10-12H2,1-3H3,(H,20,21). The van der Waals surface area contributed by atoms with Crippen LogP contribution in [0.3, 0.4) is 0 Å². The first-order valence-electron chi connectivity index (χ1n) is 7.68. The van der Waals surface area contributed by atoms with Crippen LogP contribution in [0.25, 0.3) is 0 Å². The molecule has 0 heterocycles. The van der Waals surface area contributed by atoms with Crippen molar-refractivity contribution in [3.63, 3.8) is 0 Å². The second kappa shape index (κ2) is 9.07. The zero-order valence-electron chi connectivity index (χ0n) is 13.5. The molecule has 0 aromatic heterocycles. The molecule has 5 heteroatoms. The topological polar surface area (TPSA) is 66.8 Å². The van der Waals surface area contributed by atoms with E-state index in [1.54, 1.807) is 29.2 Å². The number of aliphatic carboxylic acids is 1. The minimum Gasteiger partial charge on any atom is -0.496 e. The molecule has 1 rings (SSSR count). The number of carboxylic acid groups (broad SMARTS) is 1.